The molecule has 54 heavy (non-hydrogen) atoms. The third-order valence-corrected chi connectivity index (χ3v) is 8.51. The molecule has 2 amide bonds. The molecule has 0 spiro atoms. The van der Waals surface area contributed by atoms with Gasteiger partial charge in [-0.1, -0.05) is 0 Å². The molecule has 0 aliphatic carbocycles. The van der Waals surface area contributed by atoms with E-state index in [0.717, 1.165) is 13.8 Å². The van der Waals surface area contributed by atoms with Crippen molar-refractivity contribution < 1.29 is 168 Å². The Labute approximate surface area is 349 Å². The van der Waals surface area contributed by atoms with Gasteiger partial charge < -0.3 is 110 Å². The third kappa shape index (κ3) is 11.1. The van der Waals surface area contributed by atoms with Crippen molar-refractivity contribution in [2.45, 2.75) is 124 Å². The van der Waals surface area contributed by atoms with Gasteiger partial charge in [-0.2, -0.15) is 0 Å². The van der Waals surface area contributed by atoms with E-state index in [1.165, 1.54) is 0 Å². The predicted octanol–water partition coefficient (Wildman–Crippen LogP) is -16.8. The summed E-state index contributed by atoms with van der Waals surface area (Å²) < 4.78 is 37.8. The molecule has 4 heterocycles. The molecular weight excluding hydrogens is 762 g/mol. The van der Waals surface area contributed by atoms with Crippen molar-refractivity contribution in [3.8, 4) is 0 Å². The standard InChI is InChI=1S/C28H42N2O22.2Na/c1-6(33)29-12-19(15(37)10(4-31)46-25(12)45)49-28-18(40)17(39)21(22(52-28)24(43)44)51-26-13(30-7(2)34)20(16(38)11(5-32)48-26)50-27-14(36)8(35)3-9(47-27)23(41)42;;/h3,8,10-22,25-28,31-32,35-40,45H,4-5H2,1-2H3,(H,29,33)(H,30,34)(H,41,42)(H,43,44);;/q;2*+1/p-2/t8-,10-,11?,12?,13?,14?,15+,16+,17?,18?,19?,20+,21-,22+,25+,26-,27-,28+;;/m0../s1. The molecule has 0 aromatic heterocycles. The van der Waals surface area contributed by atoms with Crippen LogP contribution in [0.4, 0.5) is 0 Å². The van der Waals surface area contributed by atoms with E-state index >= 15 is 0 Å². The van der Waals surface area contributed by atoms with Gasteiger partial charge in [-0.3, -0.25) is 9.59 Å². The van der Waals surface area contributed by atoms with Crippen molar-refractivity contribution in [3.05, 3.63) is 11.8 Å². The Hall–Kier alpha value is -1.18. The Bertz CT molecular complexity index is 1330. The summed E-state index contributed by atoms with van der Waals surface area (Å²) in [6, 6.07) is -3.37. The van der Waals surface area contributed by atoms with Crippen molar-refractivity contribution in [1.82, 2.24) is 10.6 Å². The van der Waals surface area contributed by atoms with Crippen LogP contribution < -0.4 is 80.0 Å². The monoisotopic (exact) mass is 802 g/mol. The van der Waals surface area contributed by atoms with E-state index in [4.69, 9.17) is 33.2 Å². The van der Waals surface area contributed by atoms with E-state index in [0.29, 0.717) is 6.08 Å². The van der Waals surface area contributed by atoms with Gasteiger partial charge in [-0.15, -0.1) is 0 Å². The van der Waals surface area contributed by atoms with E-state index in [1.807, 2.05) is 0 Å². The van der Waals surface area contributed by atoms with E-state index in [1.54, 1.807) is 0 Å². The number of carboxylic acid groups (broad SMARTS) is 2. The van der Waals surface area contributed by atoms with Gasteiger partial charge in [0.1, 0.15) is 97.1 Å². The second-order valence-electron chi connectivity index (χ2n) is 12.2. The van der Waals surface area contributed by atoms with E-state index in [-0.39, 0.29) is 59.1 Å². The minimum Gasteiger partial charge on any atom is -0.547 e. The summed E-state index contributed by atoms with van der Waals surface area (Å²) in [6.45, 7) is 0.122. The smallest absolute Gasteiger partial charge is 0.547 e. The average Bonchev–Trinajstić information content (AvgIpc) is 3.07. The molecule has 0 radical (unpaired) electrons. The molecule has 0 aromatic rings. The maximum Gasteiger partial charge on any atom is 1.00 e. The SMILES string of the molecule is CC(=O)NC1C(O[C@@H]2O[C@@H](C(=O)[O-])[C@@H](O[C@@H]3OC(CO)[C@@H](O)[C@H](O[C@@H]4OC(C(=O)[O-])=C[C@H](O)C4O)C3NC(C)=O)C(O)C2O)[C@H](O)[C@H](CO)O[C@H]1O.[Na+].[Na+]. The molecule has 18 atom stereocenters. The number of ether oxygens (including phenoxy) is 7. The molecule has 3 fully saturated rings. The van der Waals surface area contributed by atoms with Gasteiger partial charge in [0.25, 0.3) is 0 Å². The molecule has 4 aliphatic rings. The number of aliphatic hydroxyl groups is 9. The van der Waals surface area contributed by atoms with Crippen molar-refractivity contribution in [2.75, 3.05) is 13.2 Å². The summed E-state index contributed by atoms with van der Waals surface area (Å²) in [5.74, 6) is -6.63. The van der Waals surface area contributed by atoms with Crippen LogP contribution in [0.15, 0.2) is 11.8 Å². The number of hydrogen-bond acceptors (Lipinski definition) is 22. The minimum absolute atomic E-state index is 0. The number of hydrogen-bond donors (Lipinski definition) is 11. The zero-order valence-corrected chi connectivity index (χ0v) is 33.2. The van der Waals surface area contributed by atoms with Crippen LogP contribution in [0.3, 0.4) is 0 Å². The van der Waals surface area contributed by atoms with Crippen LogP contribution in [0.25, 0.3) is 0 Å². The van der Waals surface area contributed by atoms with Crippen LogP contribution in [-0.4, -0.2) is 193 Å². The van der Waals surface area contributed by atoms with Crippen LogP contribution in [0.5, 0.6) is 0 Å². The molecule has 3 saturated heterocycles. The minimum atomic E-state index is -2.40. The van der Waals surface area contributed by atoms with Crippen molar-refractivity contribution in [3.63, 3.8) is 0 Å². The number of carbonyl (C=O) groups is 4. The predicted molar refractivity (Wildman–Crippen MR) is 151 cm³/mol. The van der Waals surface area contributed by atoms with Crippen LogP contribution in [0, 0.1) is 0 Å². The van der Waals surface area contributed by atoms with E-state index in [2.05, 4.69) is 10.6 Å². The first-order valence-electron chi connectivity index (χ1n) is 15.7. The normalized spacial score (nSPS) is 42.2. The first kappa shape index (κ1) is 49.0. The Morgan fingerprint density at radius 3 is 1.69 bits per heavy atom. The van der Waals surface area contributed by atoms with Gasteiger partial charge in [0.2, 0.25) is 18.1 Å². The molecule has 296 valence electrons. The Morgan fingerprint density at radius 2 is 1.17 bits per heavy atom. The molecule has 7 unspecified atom stereocenters. The number of aliphatic hydroxyl groups excluding tert-OH is 9. The van der Waals surface area contributed by atoms with Gasteiger partial charge in [0.05, 0.1) is 19.2 Å². The number of aliphatic carboxylic acids is 2. The van der Waals surface area contributed by atoms with Gasteiger partial charge in [0.15, 0.2) is 18.9 Å². The Balaban J connectivity index is 0.00000504. The summed E-state index contributed by atoms with van der Waals surface area (Å²) >= 11 is 0. The number of rotatable bonds is 12. The van der Waals surface area contributed by atoms with Crippen molar-refractivity contribution >= 4 is 23.8 Å². The summed E-state index contributed by atoms with van der Waals surface area (Å²) in [4.78, 5) is 47.8. The molecular formula is C28H40N2Na2O22. The third-order valence-electron chi connectivity index (χ3n) is 8.51. The second-order valence-corrected chi connectivity index (χ2v) is 12.2. The number of nitrogens with one attached hydrogen (secondary N) is 2. The maximum atomic E-state index is 12.3. The summed E-state index contributed by atoms with van der Waals surface area (Å²) in [6.07, 6.45) is -31.3. The largest absolute Gasteiger partial charge is 1.00 e. The van der Waals surface area contributed by atoms with Crippen LogP contribution in [0.1, 0.15) is 13.8 Å². The van der Waals surface area contributed by atoms with E-state index < -0.39 is 153 Å². The quantitative estimate of drug-likeness (QED) is 0.0816. The molecule has 4 aliphatic heterocycles. The zero-order chi connectivity index (χ0) is 38.8. The Kier molecular flexibility index (Phi) is 19.0. The topological polar surface area (TPSA) is 385 Å². The van der Waals surface area contributed by atoms with Crippen LogP contribution in [-0.2, 0) is 52.3 Å². The number of carboxylic acids is 2. The summed E-state index contributed by atoms with van der Waals surface area (Å²) in [5.41, 5.74) is 0. The van der Waals surface area contributed by atoms with Gasteiger partial charge in [-0.25, -0.2) is 0 Å². The summed E-state index contributed by atoms with van der Waals surface area (Å²) in [5, 5.41) is 123. The van der Waals surface area contributed by atoms with Gasteiger partial charge >= 0.3 is 59.1 Å². The second kappa shape index (κ2) is 21.0. The maximum absolute atomic E-state index is 12.3. The van der Waals surface area contributed by atoms with E-state index in [9.17, 15) is 75.3 Å². The zero-order valence-electron chi connectivity index (χ0n) is 29.2. The number of carbonyl (C=O) groups excluding carboxylic acids is 4. The molecule has 0 bridgehead atoms. The fourth-order valence-electron chi connectivity index (χ4n) is 6.00. The van der Waals surface area contributed by atoms with Gasteiger partial charge in [-0.05, 0) is 6.08 Å². The fraction of sp³-hybridized carbons (Fsp3) is 0.786. The summed E-state index contributed by atoms with van der Waals surface area (Å²) in [7, 11) is 0. The molecule has 11 N–H and O–H groups in total. The molecule has 4 rings (SSSR count). The first-order valence-corrected chi connectivity index (χ1v) is 15.7. The fourth-order valence-corrected chi connectivity index (χ4v) is 6.00. The molecule has 24 nitrogen and oxygen atoms in total. The van der Waals surface area contributed by atoms with Crippen molar-refractivity contribution in [1.29, 1.82) is 0 Å². The molecule has 0 aromatic carbocycles. The van der Waals surface area contributed by atoms with Crippen molar-refractivity contribution in [2.24, 2.45) is 0 Å². The van der Waals surface area contributed by atoms with Crippen LogP contribution in [0.2, 0.25) is 0 Å². The number of amides is 2. The van der Waals surface area contributed by atoms with Crippen LogP contribution >= 0.6 is 0 Å². The van der Waals surface area contributed by atoms with Gasteiger partial charge in [0, 0.05) is 13.8 Å². The first-order chi connectivity index (χ1) is 24.4. The molecule has 0 saturated carbocycles. The Morgan fingerprint density at radius 1 is 0.667 bits per heavy atom. The average molecular weight is 803 g/mol. The molecule has 26 heteroatoms.